The molecular formula is C12H18N2O2S. The second-order valence-electron chi connectivity index (χ2n) is 4.78. The summed E-state index contributed by atoms with van der Waals surface area (Å²) >= 11 is 1.72. The van der Waals surface area contributed by atoms with Gasteiger partial charge in [-0.05, 0) is 19.9 Å². The molecule has 2 fully saturated rings. The highest BCUT2D eigenvalue weighted by Crippen LogP contribution is 2.30. The van der Waals surface area contributed by atoms with Crippen LogP contribution in [0.25, 0.3) is 0 Å². The maximum Gasteiger partial charge on any atom is 0.181 e. The lowest BCUT2D eigenvalue weighted by Gasteiger charge is -2.38. The lowest BCUT2D eigenvalue weighted by Crippen LogP contribution is -2.48. The van der Waals surface area contributed by atoms with Gasteiger partial charge in [0.05, 0.1) is 30.5 Å². The van der Waals surface area contributed by atoms with Crippen molar-refractivity contribution < 1.29 is 9.47 Å². The Kier molecular flexibility index (Phi) is 3.17. The molecule has 0 radical (unpaired) electrons. The first-order valence-electron chi connectivity index (χ1n) is 6.17. The average molecular weight is 254 g/mol. The van der Waals surface area contributed by atoms with Gasteiger partial charge in [0.2, 0.25) is 0 Å². The monoisotopic (exact) mass is 254 g/mol. The van der Waals surface area contributed by atoms with E-state index in [0.717, 1.165) is 50.7 Å². The van der Waals surface area contributed by atoms with Crippen LogP contribution in [-0.2, 0) is 16.0 Å². The Morgan fingerprint density at radius 3 is 3.00 bits per heavy atom. The van der Waals surface area contributed by atoms with E-state index >= 15 is 0 Å². The highest BCUT2D eigenvalue weighted by Gasteiger charge is 2.40. The molecule has 1 spiro atoms. The molecule has 5 heteroatoms. The maximum atomic E-state index is 5.77. The van der Waals surface area contributed by atoms with Gasteiger partial charge in [-0.1, -0.05) is 0 Å². The molecule has 0 aliphatic carbocycles. The van der Waals surface area contributed by atoms with Crippen LogP contribution in [0.2, 0.25) is 0 Å². The van der Waals surface area contributed by atoms with Crippen LogP contribution in [0.4, 0.5) is 0 Å². The molecule has 1 aromatic rings. The van der Waals surface area contributed by atoms with Crippen LogP contribution in [0, 0.1) is 6.92 Å². The number of aryl methyl sites for hydroxylation is 1. The maximum absolute atomic E-state index is 5.77. The number of rotatable bonds is 2. The first kappa shape index (κ1) is 11.6. The second kappa shape index (κ2) is 4.65. The van der Waals surface area contributed by atoms with Crippen LogP contribution in [-0.4, -0.2) is 42.0 Å². The van der Waals surface area contributed by atoms with Crippen LogP contribution >= 0.6 is 11.3 Å². The molecule has 2 aliphatic heterocycles. The normalized spacial score (nSPS) is 24.5. The van der Waals surface area contributed by atoms with Crippen molar-refractivity contribution in [2.45, 2.75) is 32.1 Å². The quantitative estimate of drug-likeness (QED) is 0.806. The Morgan fingerprint density at radius 2 is 2.29 bits per heavy atom. The SMILES string of the molecule is Cc1nc(CN2CCCC3(C2)OCCO3)cs1. The third-order valence-electron chi connectivity index (χ3n) is 3.36. The van der Waals surface area contributed by atoms with Crippen molar-refractivity contribution in [1.82, 2.24) is 9.88 Å². The van der Waals surface area contributed by atoms with Crippen molar-refractivity contribution in [3.8, 4) is 0 Å². The number of thiazole rings is 1. The van der Waals surface area contributed by atoms with Crippen molar-refractivity contribution in [2.75, 3.05) is 26.3 Å². The third-order valence-corrected chi connectivity index (χ3v) is 4.18. The van der Waals surface area contributed by atoms with Gasteiger partial charge in [-0.25, -0.2) is 4.98 Å². The zero-order valence-electron chi connectivity index (χ0n) is 10.1. The van der Waals surface area contributed by atoms with Gasteiger partial charge >= 0.3 is 0 Å². The van der Waals surface area contributed by atoms with Crippen molar-refractivity contribution in [3.05, 3.63) is 16.1 Å². The van der Waals surface area contributed by atoms with Crippen molar-refractivity contribution in [3.63, 3.8) is 0 Å². The Morgan fingerprint density at radius 1 is 1.47 bits per heavy atom. The van der Waals surface area contributed by atoms with E-state index in [4.69, 9.17) is 9.47 Å². The summed E-state index contributed by atoms with van der Waals surface area (Å²) in [6.07, 6.45) is 2.17. The van der Waals surface area contributed by atoms with Crippen molar-refractivity contribution in [2.24, 2.45) is 0 Å². The Bertz CT molecular complexity index is 388. The second-order valence-corrected chi connectivity index (χ2v) is 5.84. The van der Waals surface area contributed by atoms with E-state index in [-0.39, 0.29) is 5.79 Å². The van der Waals surface area contributed by atoms with E-state index in [1.165, 1.54) is 5.69 Å². The van der Waals surface area contributed by atoms with Crippen LogP contribution in [0.15, 0.2) is 5.38 Å². The fourth-order valence-corrected chi connectivity index (χ4v) is 3.25. The molecule has 0 saturated carbocycles. The molecule has 0 amide bonds. The molecule has 17 heavy (non-hydrogen) atoms. The molecule has 0 bridgehead atoms. The smallest absolute Gasteiger partial charge is 0.181 e. The van der Waals surface area contributed by atoms with E-state index < -0.39 is 0 Å². The zero-order valence-corrected chi connectivity index (χ0v) is 11.0. The topological polar surface area (TPSA) is 34.6 Å². The number of hydrogen-bond acceptors (Lipinski definition) is 5. The van der Waals surface area contributed by atoms with E-state index in [9.17, 15) is 0 Å². The molecule has 0 N–H and O–H groups in total. The van der Waals surface area contributed by atoms with Gasteiger partial charge < -0.3 is 9.47 Å². The number of ether oxygens (including phenoxy) is 2. The molecule has 4 nitrogen and oxygen atoms in total. The van der Waals surface area contributed by atoms with Crippen LogP contribution in [0.1, 0.15) is 23.5 Å². The van der Waals surface area contributed by atoms with E-state index in [1.807, 2.05) is 0 Å². The summed E-state index contributed by atoms with van der Waals surface area (Å²) in [4.78, 5) is 6.91. The molecule has 3 heterocycles. The Hall–Kier alpha value is -0.490. The van der Waals surface area contributed by atoms with Gasteiger partial charge in [-0.3, -0.25) is 4.90 Å². The van der Waals surface area contributed by atoms with Gasteiger partial charge in [-0.15, -0.1) is 11.3 Å². The Balaban J connectivity index is 1.64. The molecule has 3 rings (SSSR count). The summed E-state index contributed by atoms with van der Waals surface area (Å²) in [7, 11) is 0. The standard InChI is InChI=1S/C12H18N2O2S/c1-10-13-11(8-17-10)7-14-4-2-3-12(9-14)15-5-6-16-12/h8H,2-7,9H2,1H3. The van der Waals surface area contributed by atoms with Gasteiger partial charge in [0.1, 0.15) is 0 Å². The molecular weight excluding hydrogens is 236 g/mol. The van der Waals surface area contributed by atoms with E-state index in [2.05, 4.69) is 22.2 Å². The predicted molar refractivity (Wildman–Crippen MR) is 66.0 cm³/mol. The minimum atomic E-state index is -0.316. The number of piperidine rings is 1. The van der Waals surface area contributed by atoms with Gasteiger partial charge in [-0.2, -0.15) is 0 Å². The highest BCUT2D eigenvalue weighted by atomic mass is 32.1. The molecule has 0 unspecified atom stereocenters. The number of hydrogen-bond donors (Lipinski definition) is 0. The fourth-order valence-electron chi connectivity index (χ4n) is 2.65. The summed E-state index contributed by atoms with van der Waals surface area (Å²) in [5.74, 6) is -0.316. The summed E-state index contributed by atoms with van der Waals surface area (Å²) in [5.41, 5.74) is 1.17. The van der Waals surface area contributed by atoms with Crippen molar-refractivity contribution >= 4 is 11.3 Å². The molecule has 94 valence electrons. The summed E-state index contributed by atoms with van der Waals surface area (Å²) < 4.78 is 11.5. The van der Waals surface area contributed by atoms with Gasteiger partial charge in [0.15, 0.2) is 5.79 Å². The number of likely N-dealkylation sites (tertiary alicyclic amines) is 1. The van der Waals surface area contributed by atoms with Gasteiger partial charge in [0, 0.05) is 18.3 Å². The third kappa shape index (κ3) is 2.52. The first-order chi connectivity index (χ1) is 8.26. The fraction of sp³-hybridized carbons (Fsp3) is 0.750. The van der Waals surface area contributed by atoms with E-state index in [1.54, 1.807) is 11.3 Å². The Labute approximate surface area is 106 Å². The summed E-state index contributed by atoms with van der Waals surface area (Å²) in [5, 5.41) is 3.28. The highest BCUT2D eigenvalue weighted by molar-refractivity contribution is 7.09. The van der Waals surface area contributed by atoms with Gasteiger partial charge in [0.25, 0.3) is 0 Å². The first-order valence-corrected chi connectivity index (χ1v) is 7.05. The average Bonchev–Trinajstić information content (AvgIpc) is 2.89. The van der Waals surface area contributed by atoms with Crippen LogP contribution in [0.5, 0.6) is 0 Å². The zero-order chi connectivity index (χ0) is 11.7. The molecule has 1 aromatic heterocycles. The van der Waals surface area contributed by atoms with Crippen LogP contribution < -0.4 is 0 Å². The lowest BCUT2D eigenvalue weighted by atomic mass is 10.0. The number of nitrogens with zero attached hydrogens (tertiary/aromatic N) is 2. The predicted octanol–water partition coefficient (Wildman–Crippen LogP) is 1.79. The van der Waals surface area contributed by atoms with E-state index in [0.29, 0.717) is 0 Å². The minimum Gasteiger partial charge on any atom is -0.346 e. The summed E-state index contributed by atoms with van der Waals surface area (Å²) in [6.45, 7) is 6.44. The number of aromatic nitrogens is 1. The van der Waals surface area contributed by atoms with Crippen LogP contribution in [0.3, 0.4) is 0 Å². The lowest BCUT2D eigenvalue weighted by molar-refractivity contribution is -0.190. The molecule has 0 atom stereocenters. The van der Waals surface area contributed by atoms with Crippen molar-refractivity contribution in [1.29, 1.82) is 0 Å². The summed E-state index contributed by atoms with van der Waals surface area (Å²) in [6, 6.07) is 0. The molecule has 2 saturated heterocycles. The molecule has 2 aliphatic rings. The minimum absolute atomic E-state index is 0.316. The largest absolute Gasteiger partial charge is 0.346 e. The molecule has 0 aromatic carbocycles.